The Labute approximate surface area is 136 Å². The van der Waals surface area contributed by atoms with E-state index in [9.17, 15) is 0 Å². The third-order valence-electron chi connectivity index (χ3n) is 4.61. The summed E-state index contributed by atoms with van der Waals surface area (Å²) in [5, 5.41) is 3.32. The molecule has 0 amide bonds. The highest BCUT2D eigenvalue weighted by atomic mass is 16.5. The van der Waals surface area contributed by atoms with Crippen LogP contribution >= 0.6 is 0 Å². The molecule has 120 valence electrons. The van der Waals surface area contributed by atoms with Crippen molar-refractivity contribution < 1.29 is 4.74 Å². The smallest absolute Gasteiger partial charge is 0.224 e. The van der Waals surface area contributed by atoms with Gasteiger partial charge in [-0.25, -0.2) is 4.98 Å². The molecule has 5 nitrogen and oxygen atoms in total. The second kappa shape index (κ2) is 6.16. The number of hydrogen-bond donors (Lipinski definition) is 1. The summed E-state index contributed by atoms with van der Waals surface area (Å²) in [6.45, 7) is 3.88. The minimum atomic E-state index is 0.286. The molecule has 0 radical (unpaired) electrons. The normalized spacial score (nSPS) is 23.1. The predicted molar refractivity (Wildman–Crippen MR) is 91.2 cm³/mol. The van der Waals surface area contributed by atoms with Gasteiger partial charge in [-0.3, -0.25) is 0 Å². The Morgan fingerprint density at radius 3 is 3.09 bits per heavy atom. The lowest BCUT2D eigenvalue weighted by molar-refractivity contribution is 0.120. The summed E-state index contributed by atoms with van der Waals surface area (Å²) in [5.74, 6) is 1.63. The Morgan fingerprint density at radius 2 is 2.22 bits per heavy atom. The van der Waals surface area contributed by atoms with Gasteiger partial charge in [-0.05, 0) is 43.9 Å². The maximum absolute atomic E-state index is 5.64. The monoisotopic (exact) mass is 310 g/mol. The molecule has 0 spiro atoms. The number of rotatable bonds is 4. The van der Waals surface area contributed by atoms with Crippen molar-refractivity contribution in [1.29, 1.82) is 0 Å². The van der Waals surface area contributed by atoms with Crippen LogP contribution in [0.3, 0.4) is 0 Å². The number of ether oxygens (including phenoxy) is 1. The van der Waals surface area contributed by atoms with E-state index >= 15 is 0 Å². The SMILES string of the molecule is CC1Cc2ccccc2N1c1ccnc(NCC2CCCO2)n1. The van der Waals surface area contributed by atoms with Crippen LogP contribution < -0.4 is 10.2 Å². The molecule has 0 saturated carbocycles. The number of para-hydroxylation sites is 1. The van der Waals surface area contributed by atoms with E-state index in [-0.39, 0.29) is 6.10 Å². The van der Waals surface area contributed by atoms with Crippen molar-refractivity contribution in [2.45, 2.75) is 38.3 Å². The van der Waals surface area contributed by atoms with Gasteiger partial charge in [0, 0.05) is 31.1 Å². The molecule has 1 aromatic carbocycles. The number of hydrogen-bond acceptors (Lipinski definition) is 5. The van der Waals surface area contributed by atoms with Crippen LogP contribution in [0.1, 0.15) is 25.3 Å². The summed E-state index contributed by atoms with van der Waals surface area (Å²) in [6, 6.07) is 10.9. The Morgan fingerprint density at radius 1 is 1.30 bits per heavy atom. The van der Waals surface area contributed by atoms with Gasteiger partial charge in [-0.1, -0.05) is 18.2 Å². The van der Waals surface area contributed by atoms with Crippen LogP contribution in [-0.2, 0) is 11.2 Å². The maximum Gasteiger partial charge on any atom is 0.224 e. The standard InChI is InChI=1S/C18H22N4O/c1-13-11-14-5-2-3-7-16(14)22(13)17-8-9-19-18(21-17)20-12-15-6-4-10-23-15/h2-3,5,7-9,13,15H,4,6,10-12H2,1H3,(H,19,20,21). The highest BCUT2D eigenvalue weighted by Gasteiger charge is 2.27. The molecular formula is C18H22N4O. The third-order valence-corrected chi connectivity index (χ3v) is 4.61. The number of aromatic nitrogens is 2. The first kappa shape index (κ1) is 14.5. The summed E-state index contributed by atoms with van der Waals surface area (Å²) in [7, 11) is 0. The Balaban J connectivity index is 1.54. The first-order chi connectivity index (χ1) is 11.3. The molecular weight excluding hydrogens is 288 g/mol. The van der Waals surface area contributed by atoms with E-state index in [0.29, 0.717) is 12.0 Å². The van der Waals surface area contributed by atoms with E-state index in [4.69, 9.17) is 9.72 Å². The van der Waals surface area contributed by atoms with Gasteiger partial charge in [0.15, 0.2) is 0 Å². The Bertz CT molecular complexity index is 684. The summed E-state index contributed by atoms with van der Waals surface area (Å²) >= 11 is 0. The van der Waals surface area contributed by atoms with Crippen molar-refractivity contribution in [3.05, 3.63) is 42.1 Å². The number of anilines is 3. The van der Waals surface area contributed by atoms with Crippen LogP contribution in [0.2, 0.25) is 0 Å². The Kier molecular flexibility index (Phi) is 3.87. The van der Waals surface area contributed by atoms with Crippen LogP contribution in [0.4, 0.5) is 17.5 Å². The molecule has 0 bridgehead atoms. The second-order valence-corrected chi connectivity index (χ2v) is 6.31. The lowest BCUT2D eigenvalue weighted by Gasteiger charge is -2.24. The number of nitrogens with one attached hydrogen (secondary N) is 1. The van der Waals surface area contributed by atoms with Gasteiger partial charge in [-0.2, -0.15) is 4.98 Å². The molecule has 3 heterocycles. The van der Waals surface area contributed by atoms with E-state index in [2.05, 4.69) is 46.4 Å². The topological polar surface area (TPSA) is 50.3 Å². The van der Waals surface area contributed by atoms with E-state index in [0.717, 1.165) is 38.2 Å². The van der Waals surface area contributed by atoms with Crippen LogP contribution in [0.25, 0.3) is 0 Å². The van der Waals surface area contributed by atoms with Crippen molar-refractivity contribution in [3.8, 4) is 0 Å². The van der Waals surface area contributed by atoms with Gasteiger partial charge >= 0.3 is 0 Å². The molecule has 1 fully saturated rings. The molecule has 23 heavy (non-hydrogen) atoms. The van der Waals surface area contributed by atoms with Crippen molar-refractivity contribution in [3.63, 3.8) is 0 Å². The average molecular weight is 310 g/mol. The average Bonchev–Trinajstić information content (AvgIpc) is 3.19. The Hall–Kier alpha value is -2.14. The minimum absolute atomic E-state index is 0.286. The largest absolute Gasteiger partial charge is 0.376 e. The number of nitrogens with zero attached hydrogens (tertiary/aromatic N) is 3. The molecule has 2 aromatic rings. The molecule has 0 aliphatic carbocycles. The highest BCUT2D eigenvalue weighted by molar-refractivity contribution is 5.69. The van der Waals surface area contributed by atoms with Crippen LogP contribution in [-0.4, -0.2) is 35.3 Å². The van der Waals surface area contributed by atoms with E-state index in [1.165, 1.54) is 11.3 Å². The van der Waals surface area contributed by atoms with Crippen LogP contribution in [0.5, 0.6) is 0 Å². The fraction of sp³-hybridized carbons (Fsp3) is 0.444. The molecule has 2 aliphatic heterocycles. The van der Waals surface area contributed by atoms with Crippen LogP contribution in [0.15, 0.2) is 36.5 Å². The summed E-state index contributed by atoms with van der Waals surface area (Å²) < 4.78 is 5.64. The molecule has 2 unspecified atom stereocenters. The first-order valence-electron chi connectivity index (χ1n) is 8.37. The molecule has 2 aliphatic rings. The van der Waals surface area contributed by atoms with Crippen LogP contribution in [0, 0.1) is 0 Å². The molecule has 2 atom stereocenters. The molecule has 1 N–H and O–H groups in total. The van der Waals surface area contributed by atoms with E-state index in [1.54, 1.807) is 0 Å². The summed E-state index contributed by atoms with van der Waals surface area (Å²) in [6.07, 6.45) is 5.43. The van der Waals surface area contributed by atoms with Crippen molar-refractivity contribution in [2.75, 3.05) is 23.4 Å². The molecule has 1 saturated heterocycles. The third kappa shape index (κ3) is 2.88. The zero-order valence-corrected chi connectivity index (χ0v) is 13.4. The fourth-order valence-electron chi connectivity index (χ4n) is 3.49. The van der Waals surface area contributed by atoms with Gasteiger partial charge in [0.25, 0.3) is 0 Å². The van der Waals surface area contributed by atoms with E-state index < -0.39 is 0 Å². The molecule has 1 aromatic heterocycles. The minimum Gasteiger partial charge on any atom is -0.376 e. The quantitative estimate of drug-likeness (QED) is 0.940. The van der Waals surface area contributed by atoms with E-state index in [1.807, 2.05) is 12.3 Å². The first-order valence-corrected chi connectivity index (χ1v) is 8.37. The lowest BCUT2D eigenvalue weighted by Crippen LogP contribution is -2.25. The highest BCUT2D eigenvalue weighted by Crippen LogP contribution is 2.37. The summed E-state index contributed by atoms with van der Waals surface area (Å²) in [5.41, 5.74) is 2.64. The lowest BCUT2D eigenvalue weighted by atomic mass is 10.1. The van der Waals surface area contributed by atoms with Crippen molar-refractivity contribution in [2.24, 2.45) is 0 Å². The van der Waals surface area contributed by atoms with Crippen molar-refractivity contribution in [1.82, 2.24) is 9.97 Å². The number of benzene rings is 1. The number of fused-ring (bicyclic) bond motifs is 1. The zero-order valence-electron chi connectivity index (χ0n) is 13.4. The maximum atomic E-state index is 5.64. The summed E-state index contributed by atoms with van der Waals surface area (Å²) in [4.78, 5) is 11.4. The van der Waals surface area contributed by atoms with Gasteiger partial charge in [0.1, 0.15) is 5.82 Å². The fourth-order valence-corrected chi connectivity index (χ4v) is 3.49. The second-order valence-electron chi connectivity index (χ2n) is 6.31. The zero-order chi connectivity index (χ0) is 15.6. The van der Waals surface area contributed by atoms with Gasteiger partial charge in [0.05, 0.1) is 6.10 Å². The van der Waals surface area contributed by atoms with Gasteiger partial charge < -0.3 is 15.0 Å². The predicted octanol–water partition coefficient (Wildman–Crippen LogP) is 3.15. The molecule has 4 rings (SSSR count). The van der Waals surface area contributed by atoms with Gasteiger partial charge in [-0.15, -0.1) is 0 Å². The molecule has 5 heteroatoms. The van der Waals surface area contributed by atoms with Gasteiger partial charge in [0.2, 0.25) is 5.95 Å². The van der Waals surface area contributed by atoms with Crippen molar-refractivity contribution >= 4 is 17.5 Å².